The second-order valence-corrected chi connectivity index (χ2v) is 8.95. The molecule has 34 heavy (non-hydrogen) atoms. The molecule has 0 saturated carbocycles. The maximum absolute atomic E-state index is 13.7. The summed E-state index contributed by atoms with van der Waals surface area (Å²) in [7, 11) is 0. The molecule has 1 aliphatic rings. The predicted octanol–water partition coefficient (Wildman–Crippen LogP) is 5.33. The predicted molar refractivity (Wildman–Crippen MR) is 133 cm³/mol. The highest BCUT2D eigenvalue weighted by Gasteiger charge is 2.42. The van der Waals surface area contributed by atoms with Crippen LogP contribution >= 0.6 is 0 Å². The van der Waals surface area contributed by atoms with Crippen LogP contribution in [0.25, 0.3) is 11.0 Å². The average Bonchev–Trinajstić information content (AvgIpc) is 3.08. The zero-order valence-corrected chi connectivity index (χ0v) is 20.2. The molecule has 0 aliphatic carbocycles. The van der Waals surface area contributed by atoms with Crippen molar-refractivity contribution in [1.29, 1.82) is 0 Å². The van der Waals surface area contributed by atoms with Crippen molar-refractivity contribution in [1.82, 2.24) is 4.90 Å². The van der Waals surface area contributed by atoms with Crippen LogP contribution in [0.15, 0.2) is 58.3 Å². The Hall–Kier alpha value is -3.38. The van der Waals surface area contributed by atoms with Crippen molar-refractivity contribution in [2.75, 3.05) is 19.8 Å². The number of fused-ring (bicyclic) bond motifs is 2. The highest BCUT2D eigenvalue weighted by atomic mass is 16.5. The van der Waals surface area contributed by atoms with Crippen LogP contribution in [0.2, 0.25) is 0 Å². The Kier molecular flexibility index (Phi) is 6.89. The van der Waals surface area contributed by atoms with Gasteiger partial charge in [0.05, 0.1) is 23.1 Å². The van der Waals surface area contributed by atoms with Gasteiger partial charge in [-0.05, 0) is 75.1 Å². The van der Waals surface area contributed by atoms with Crippen LogP contribution in [0.1, 0.15) is 59.1 Å². The smallest absolute Gasteiger partial charge is 0.290 e. The molecule has 1 unspecified atom stereocenters. The van der Waals surface area contributed by atoms with Crippen molar-refractivity contribution in [3.63, 3.8) is 0 Å². The Morgan fingerprint density at radius 2 is 1.91 bits per heavy atom. The lowest BCUT2D eigenvalue weighted by atomic mass is 9.97. The average molecular weight is 462 g/mol. The van der Waals surface area contributed by atoms with Gasteiger partial charge in [0.1, 0.15) is 17.9 Å². The highest BCUT2D eigenvalue weighted by Crippen LogP contribution is 2.39. The molecule has 0 bridgehead atoms. The molecule has 1 atom stereocenters. The van der Waals surface area contributed by atoms with Gasteiger partial charge in [-0.25, -0.2) is 0 Å². The monoisotopic (exact) mass is 461 g/mol. The Balaban J connectivity index is 1.83. The molecule has 0 spiro atoms. The van der Waals surface area contributed by atoms with Crippen molar-refractivity contribution in [2.45, 2.75) is 46.3 Å². The lowest BCUT2D eigenvalue weighted by Crippen LogP contribution is -2.31. The van der Waals surface area contributed by atoms with E-state index in [4.69, 9.17) is 13.9 Å². The van der Waals surface area contributed by atoms with Crippen LogP contribution in [-0.2, 0) is 4.74 Å². The number of carbonyl (C=O) groups excluding carboxylic acids is 1. The van der Waals surface area contributed by atoms with E-state index in [-0.39, 0.29) is 23.2 Å². The number of rotatable bonds is 9. The van der Waals surface area contributed by atoms with Crippen LogP contribution < -0.4 is 10.2 Å². The van der Waals surface area contributed by atoms with Crippen molar-refractivity contribution in [3.8, 4) is 5.75 Å². The first-order valence-corrected chi connectivity index (χ1v) is 11.7. The minimum Gasteiger partial charge on any atom is -0.490 e. The molecule has 1 amide bonds. The first-order chi connectivity index (χ1) is 16.3. The van der Waals surface area contributed by atoms with Crippen LogP contribution in [0.3, 0.4) is 0 Å². The summed E-state index contributed by atoms with van der Waals surface area (Å²) in [5.74, 6) is 0.491. The third-order valence-electron chi connectivity index (χ3n) is 6.12. The molecule has 0 saturated heterocycles. The second kappa shape index (κ2) is 9.85. The van der Waals surface area contributed by atoms with Crippen LogP contribution in [0.4, 0.5) is 0 Å². The normalized spacial score (nSPS) is 15.3. The Morgan fingerprint density at radius 1 is 1.15 bits per heavy atom. The third-order valence-corrected chi connectivity index (χ3v) is 6.12. The van der Waals surface area contributed by atoms with E-state index in [0.717, 1.165) is 16.7 Å². The van der Waals surface area contributed by atoms with Gasteiger partial charge in [0.25, 0.3) is 5.91 Å². The first-order valence-electron chi connectivity index (χ1n) is 11.7. The summed E-state index contributed by atoms with van der Waals surface area (Å²) in [4.78, 5) is 29.0. The van der Waals surface area contributed by atoms with E-state index in [0.29, 0.717) is 48.5 Å². The van der Waals surface area contributed by atoms with Gasteiger partial charge >= 0.3 is 0 Å². The summed E-state index contributed by atoms with van der Waals surface area (Å²) >= 11 is 0. The lowest BCUT2D eigenvalue weighted by molar-refractivity contribution is 0.0593. The number of hydrogen-bond donors (Lipinski definition) is 0. The van der Waals surface area contributed by atoms with Crippen LogP contribution in [0, 0.1) is 13.8 Å². The molecule has 178 valence electrons. The van der Waals surface area contributed by atoms with Crippen molar-refractivity contribution < 1.29 is 18.7 Å². The van der Waals surface area contributed by atoms with E-state index in [2.05, 4.69) is 6.58 Å². The zero-order chi connectivity index (χ0) is 24.4. The van der Waals surface area contributed by atoms with E-state index in [1.807, 2.05) is 64.1 Å². The molecular formula is C28H31NO5. The van der Waals surface area contributed by atoms with Gasteiger partial charge in [0.15, 0.2) is 5.43 Å². The first kappa shape index (κ1) is 23.8. The Bertz CT molecular complexity index is 1290. The number of amides is 1. The molecule has 0 N–H and O–H groups in total. The molecule has 1 aliphatic heterocycles. The Morgan fingerprint density at radius 3 is 2.65 bits per heavy atom. The summed E-state index contributed by atoms with van der Waals surface area (Å²) in [5.41, 5.74) is 3.46. The number of aryl methyl sites for hydroxylation is 2. The van der Waals surface area contributed by atoms with E-state index in [1.165, 1.54) is 0 Å². The Labute approximate surface area is 199 Å². The fourth-order valence-electron chi connectivity index (χ4n) is 4.34. The topological polar surface area (TPSA) is 69.0 Å². The number of carbonyl (C=O) groups is 1. The van der Waals surface area contributed by atoms with E-state index in [1.54, 1.807) is 11.0 Å². The van der Waals surface area contributed by atoms with E-state index in [9.17, 15) is 9.59 Å². The molecule has 6 heteroatoms. The number of benzene rings is 2. The van der Waals surface area contributed by atoms with Gasteiger partial charge in [-0.2, -0.15) is 0 Å². The minimum atomic E-state index is -0.559. The SMILES string of the molecule is C=CCOc1cccc(C2c3c(oc4cc(C)c(C)cc4c3=O)C(=O)N2CCCOC(C)C)c1. The van der Waals surface area contributed by atoms with Crippen molar-refractivity contribution in [3.05, 3.63) is 87.3 Å². The summed E-state index contributed by atoms with van der Waals surface area (Å²) in [6.45, 7) is 12.9. The van der Waals surface area contributed by atoms with Crippen LogP contribution in [-0.4, -0.2) is 36.7 Å². The van der Waals surface area contributed by atoms with Gasteiger partial charge in [0, 0.05) is 13.2 Å². The molecule has 1 aromatic heterocycles. The van der Waals surface area contributed by atoms with Gasteiger partial charge < -0.3 is 18.8 Å². The van der Waals surface area contributed by atoms with Crippen molar-refractivity contribution in [2.24, 2.45) is 0 Å². The molecule has 2 heterocycles. The third kappa shape index (κ3) is 4.50. The molecule has 6 nitrogen and oxygen atoms in total. The summed E-state index contributed by atoms with van der Waals surface area (Å²) in [6, 6.07) is 10.6. The van der Waals surface area contributed by atoms with E-state index < -0.39 is 6.04 Å². The van der Waals surface area contributed by atoms with Gasteiger partial charge in [-0.1, -0.05) is 24.8 Å². The maximum atomic E-state index is 13.7. The largest absolute Gasteiger partial charge is 0.490 e. The van der Waals surface area contributed by atoms with Gasteiger partial charge in [-0.15, -0.1) is 0 Å². The van der Waals surface area contributed by atoms with Gasteiger partial charge in [0.2, 0.25) is 5.76 Å². The quantitative estimate of drug-likeness (QED) is 0.318. The summed E-state index contributed by atoms with van der Waals surface area (Å²) in [5, 5.41) is 0.490. The summed E-state index contributed by atoms with van der Waals surface area (Å²) in [6.07, 6.45) is 2.43. The van der Waals surface area contributed by atoms with Crippen molar-refractivity contribution >= 4 is 16.9 Å². The fourth-order valence-corrected chi connectivity index (χ4v) is 4.34. The van der Waals surface area contributed by atoms with Gasteiger partial charge in [-0.3, -0.25) is 9.59 Å². The minimum absolute atomic E-state index is 0.112. The number of nitrogens with zero attached hydrogens (tertiary/aromatic N) is 1. The molecule has 3 aromatic rings. The van der Waals surface area contributed by atoms with Crippen LogP contribution in [0.5, 0.6) is 5.75 Å². The molecular weight excluding hydrogens is 430 g/mol. The molecule has 0 radical (unpaired) electrons. The molecule has 2 aromatic carbocycles. The number of ether oxygens (including phenoxy) is 2. The lowest BCUT2D eigenvalue weighted by Gasteiger charge is -2.25. The molecule has 4 rings (SSSR count). The maximum Gasteiger partial charge on any atom is 0.290 e. The van der Waals surface area contributed by atoms with E-state index >= 15 is 0 Å². The molecule has 0 fully saturated rings. The number of hydrogen-bond acceptors (Lipinski definition) is 5. The second-order valence-electron chi connectivity index (χ2n) is 8.95. The zero-order valence-electron chi connectivity index (χ0n) is 20.2. The fraction of sp³-hybridized carbons (Fsp3) is 0.357. The summed E-state index contributed by atoms with van der Waals surface area (Å²) < 4.78 is 17.5. The standard InChI is InChI=1S/C28H31NO5/c1-6-12-33-21-10-7-9-20(16-21)25-24-26(30)22-14-18(4)19(5)15-23(22)34-27(24)28(31)29(25)11-8-13-32-17(2)3/h6-7,9-10,14-17,25H,1,8,11-13H2,2-5H3. The highest BCUT2D eigenvalue weighted by molar-refractivity contribution is 5.99.